The number of ether oxygens (including phenoxy) is 1. The van der Waals surface area contributed by atoms with Gasteiger partial charge in [0, 0.05) is 17.0 Å². The Morgan fingerprint density at radius 1 is 1.50 bits per heavy atom. The third-order valence-electron chi connectivity index (χ3n) is 2.03. The van der Waals surface area contributed by atoms with E-state index in [0.717, 1.165) is 0 Å². The number of aromatic nitrogens is 1. The molecule has 94 valence electrons. The summed E-state index contributed by atoms with van der Waals surface area (Å²) in [4.78, 5) is 3.97. The number of anilines is 2. The molecule has 0 unspecified atom stereocenters. The number of methoxy groups -OCH3 is 1. The first-order valence-corrected chi connectivity index (χ1v) is 5.90. The third-order valence-corrected chi connectivity index (χ3v) is 2.79. The summed E-state index contributed by atoms with van der Waals surface area (Å²) in [6.45, 7) is 0. The maximum absolute atomic E-state index is 13.2. The third kappa shape index (κ3) is 3.17. The van der Waals surface area contributed by atoms with Crippen LogP contribution in [0.5, 0.6) is 5.75 Å². The minimum absolute atomic E-state index is 0.380. The number of benzene rings is 1. The minimum Gasteiger partial charge on any atom is -0.497 e. The van der Waals surface area contributed by atoms with Crippen molar-refractivity contribution in [1.29, 1.82) is 0 Å². The molecule has 2 rings (SSSR count). The number of halogens is 1. The van der Waals surface area contributed by atoms with Gasteiger partial charge in [-0.25, -0.2) is 9.37 Å². The Balaban J connectivity index is 2.06. The molecule has 0 aliphatic carbocycles. The van der Waals surface area contributed by atoms with Crippen molar-refractivity contribution in [1.82, 2.24) is 4.98 Å². The molecular weight excluding hydrogens is 255 g/mol. The standard InChI is InChI=1S/C11H11FN4OS/c1-17-9-3-7(2-8(12)4-9)5-14-16-11-15-10(13)6-18-11/h2-6H,13H2,1H3,(H,15,16). The molecule has 0 fully saturated rings. The van der Waals surface area contributed by atoms with Crippen LogP contribution in [0, 0.1) is 5.82 Å². The molecule has 0 spiro atoms. The minimum atomic E-state index is -0.380. The number of nitrogens with two attached hydrogens (primary N) is 1. The molecule has 0 saturated heterocycles. The molecule has 18 heavy (non-hydrogen) atoms. The number of hydrogen-bond donors (Lipinski definition) is 2. The number of nitrogens with zero attached hydrogens (tertiary/aromatic N) is 2. The van der Waals surface area contributed by atoms with Crippen molar-refractivity contribution < 1.29 is 9.13 Å². The molecular formula is C11H11FN4OS. The maximum Gasteiger partial charge on any atom is 0.205 e. The first-order chi connectivity index (χ1) is 8.67. The summed E-state index contributed by atoms with van der Waals surface area (Å²) >= 11 is 1.34. The summed E-state index contributed by atoms with van der Waals surface area (Å²) in [6, 6.07) is 4.32. The zero-order chi connectivity index (χ0) is 13.0. The highest BCUT2D eigenvalue weighted by molar-refractivity contribution is 7.14. The predicted molar refractivity (Wildman–Crippen MR) is 70.7 cm³/mol. The summed E-state index contributed by atoms with van der Waals surface area (Å²) in [5, 5.41) is 6.21. The fraction of sp³-hybridized carbons (Fsp3) is 0.0909. The number of nitrogens with one attached hydrogen (secondary N) is 1. The molecule has 3 N–H and O–H groups in total. The van der Waals surface area contributed by atoms with E-state index in [-0.39, 0.29) is 5.82 Å². The number of thiazole rings is 1. The number of hydrazone groups is 1. The lowest BCUT2D eigenvalue weighted by Crippen LogP contribution is -1.93. The molecule has 0 aliphatic rings. The molecule has 0 radical (unpaired) electrons. The Morgan fingerprint density at radius 2 is 2.33 bits per heavy atom. The molecule has 0 amide bonds. The van der Waals surface area contributed by atoms with Crippen LogP contribution in [0.1, 0.15) is 5.56 Å². The van der Waals surface area contributed by atoms with Gasteiger partial charge in [-0.15, -0.1) is 11.3 Å². The van der Waals surface area contributed by atoms with E-state index < -0.39 is 0 Å². The Hall–Kier alpha value is -2.15. The summed E-state index contributed by atoms with van der Waals surface area (Å²) in [6.07, 6.45) is 1.48. The summed E-state index contributed by atoms with van der Waals surface area (Å²) in [5.74, 6) is 0.495. The molecule has 2 aromatic rings. The zero-order valence-corrected chi connectivity index (χ0v) is 10.4. The highest BCUT2D eigenvalue weighted by Gasteiger charge is 1.99. The van der Waals surface area contributed by atoms with Gasteiger partial charge in [-0.2, -0.15) is 5.10 Å². The van der Waals surface area contributed by atoms with Crippen LogP contribution in [0.4, 0.5) is 15.3 Å². The van der Waals surface area contributed by atoms with E-state index in [2.05, 4.69) is 15.5 Å². The molecule has 1 aromatic carbocycles. The molecule has 0 aliphatic heterocycles. The Labute approximate surface area is 107 Å². The Morgan fingerprint density at radius 3 is 3.00 bits per heavy atom. The lowest BCUT2D eigenvalue weighted by atomic mass is 10.2. The quantitative estimate of drug-likeness (QED) is 0.658. The van der Waals surface area contributed by atoms with Gasteiger partial charge >= 0.3 is 0 Å². The summed E-state index contributed by atoms with van der Waals surface area (Å²) in [7, 11) is 1.48. The highest BCUT2D eigenvalue weighted by atomic mass is 32.1. The fourth-order valence-electron chi connectivity index (χ4n) is 1.28. The molecule has 0 bridgehead atoms. The van der Waals surface area contributed by atoms with Crippen LogP contribution in [0.25, 0.3) is 0 Å². The van der Waals surface area contributed by atoms with E-state index in [9.17, 15) is 4.39 Å². The molecule has 0 atom stereocenters. The topological polar surface area (TPSA) is 72.5 Å². The van der Waals surface area contributed by atoms with E-state index >= 15 is 0 Å². The van der Waals surface area contributed by atoms with Crippen LogP contribution in [0.15, 0.2) is 28.7 Å². The zero-order valence-electron chi connectivity index (χ0n) is 9.55. The van der Waals surface area contributed by atoms with Crippen molar-refractivity contribution >= 4 is 28.5 Å². The lowest BCUT2D eigenvalue weighted by molar-refractivity contribution is 0.411. The second-order valence-corrected chi connectivity index (χ2v) is 4.23. The van der Waals surface area contributed by atoms with E-state index in [1.807, 2.05) is 0 Å². The van der Waals surface area contributed by atoms with Crippen LogP contribution in [0.3, 0.4) is 0 Å². The van der Waals surface area contributed by atoms with Gasteiger partial charge in [-0.3, -0.25) is 5.43 Å². The van der Waals surface area contributed by atoms with Crippen molar-refractivity contribution in [3.63, 3.8) is 0 Å². The van der Waals surface area contributed by atoms with Crippen molar-refractivity contribution in [2.24, 2.45) is 5.10 Å². The van der Waals surface area contributed by atoms with Crippen molar-refractivity contribution in [2.75, 3.05) is 18.3 Å². The summed E-state index contributed by atoms with van der Waals surface area (Å²) < 4.78 is 18.1. The van der Waals surface area contributed by atoms with E-state index in [0.29, 0.717) is 22.3 Å². The van der Waals surface area contributed by atoms with Crippen LogP contribution < -0.4 is 15.9 Å². The van der Waals surface area contributed by atoms with Gasteiger partial charge in [0.15, 0.2) is 0 Å². The van der Waals surface area contributed by atoms with Gasteiger partial charge in [-0.1, -0.05) is 0 Å². The molecule has 7 heteroatoms. The molecule has 1 heterocycles. The van der Waals surface area contributed by atoms with Crippen molar-refractivity contribution in [3.05, 3.63) is 35.0 Å². The lowest BCUT2D eigenvalue weighted by Gasteiger charge is -2.01. The van der Waals surface area contributed by atoms with Gasteiger partial charge in [0.2, 0.25) is 5.13 Å². The van der Waals surface area contributed by atoms with Crippen LogP contribution >= 0.6 is 11.3 Å². The first-order valence-electron chi connectivity index (χ1n) is 5.02. The van der Waals surface area contributed by atoms with Crippen LogP contribution in [-0.2, 0) is 0 Å². The predicted octanol–water partition coefficient (Wildman–Crippen LogP) is 2.32. The smallest absolute Gasteiger partial charge is 0.205 e. The van der Waals surface area contributed by atoms with E-state index in [1.54, 1.807) is 11.4 Å². The first kappa shape index (κ1) is 12.3. The monoisotopic (exact) mass is 266 g/mol. The Kier molecular flexibility index (Phi) is 3.73. The Bertz CT molecular complexity index is 570. The number of nitrogen functional groups attached to an aromatic ring is 1. The molecule has 1 aromatic heterocycles. The van der Waals surface area contributed by atoms with Gasteiger partial charge in [-0.05, 0) is 12.1 Å². The fourth-order valence-corrected chi connectivity index (χ4v) is 1.82. The second-order valence-electron chi connectivity index (χ2n) is 3.37. The highest BCUT2D eigenvalue weighted by Crippen LogP contribution is 2.17. The van der Waals surface area contributed by atoms with Gasteiger partial charge in [0.1, 0.15) is 17.4 Å². The number of rotatable bonds is 4. The molecule has 0 saturated carbocycles. The van der Waals surface area contributed by atoms with Gasteiger partial charge in [0.05, 0.1) is 13.3 Å². The second kappa shape index (κ2) is 5.46. The van der Waals surface area contributed by atoms with E-state index in [4.69, 9.17) is 10.5 Å². The van der Waals surface area contributed by atoms with E-state index in [1.165, 1.54) is 36.8 Å². The maximum atomic E-state index is 13.2. The average molecular weight is 266 g/mol. The number of hydrogen-bond acceptors (Lipinski definition) is 6. The van der Waals surface area contributed by atoms with Gasteiger partial charge < -0.3 is 10.5 Å². The van der Waals surface area contributed by atoms with Crippen LogP contribution in [0.2, 0.25) is 0 Å². The normalized spacial score (nSPS) is 10.8. The van der Waals surface area contributed by atoms with Crippen molar-refractivity contribution in [3.8, 4) is 5.75 Å². The van der Waals surface area contributed by atoms with Crippen molar-refractivity contribution in [2.45, 2.75) is 0 Å². The average Bonchev–Trinajstić information content (AvgIpc) is 2.74. The SMILES string of the molecule is COc1cc(F)cc(C=NNc2nc(N)cs2)c1. The van der Waals surface area contributed by atoms with Crippen LogP contribution in [-0.4, -0.2) is 18.3 Å². The van der Waals surface area contributed by atoms with Gasteiger partial charge in [0.25, 0.3) is 0 Å². The largest absolute Gasteiger partial charge is 0.497 e. The molecule has 5 nitrogen and oxygen atoms in total. The summed E-state index contributed by atoms with van der Waals surface area (Å²) in [5.41, 5.74) is 8.75.